The Hall–Kier alpha value is -2.31. The van der Waals surface area contributed by atoms with E-state index in [0.717, 1.165) is 24.2 Å². The summed E-state index contributed by atoms with van der Waals surface area (Å²) >= 11 is 0.894. The number of anilines is 1. The second-order valence-corrected chi connectivity index (χ2v) is 12.2. The van der Waals surface area contributed by atoms with Gasteiger partial charge in [-0.2, -0.15) is 18.2 Å². The van der Waals surface area contributed by atoms with E-state index < -0.39 is 27.9 Å². The molecule has 12 heteroatoms. The van der Waals surface area contributed by atoms with Crippen LogP contribution in [0.5, 0.6) is 0 Å². The molecule has 0 amide bonds. The maximum atomic E-state index is 13.3. The van der Waals surface area contributed by atoms with Crippen molar-refractivity contribution in [3.8, 4) is 0 Å². The molecule has 0 radical (unpaired) electrons. The van der Waals surface area contributed by atoms with E-state index >= 15 is 0 Å². The van der Waals surface area contributed by atoms with Gasteiger partial charge in [-0.1, -0.05) is 25.2 Å². The van der Waals surface area contributed by atoms with E-state index in [2.05, 4.69) is 49.7 Å². The van der Waals surface area contributed by atoms with Gasteiger partial charge >= 0.3 is 6.18 Å². The summed E-state index contributed by atoms with van der Waals surface area (Å²) in [4.78, 5) is 29.4. The number of rotatable bonds is 4. The van der Waals surface area contributed by atoms with Crippen molar-refractivity contribution in [3.05, 3.63) is 38.2 Å². The van der Waals surface area contributed by atoms with E-state index in [4.69, 9.17) is 0 Å². The van der Waals surface area contributed by atoms with Gasteiger partial charge in [-0.05, 0) is 51.0 Å². The fourth-order valence-corrected chi connectivity index (χ4v) is 6.51. The topological polar surface area (TPSA) is 82.8 Å². The largest absolute Gasteiger partial charge is 0.416 e. The molecule has 1 aliphatic carbocycles. The van der Waals surface area contributed by atoms with Crippen LogP contribution in [0.2, 0.25) is 0 Å². The van der Waals surface area contributed by atoms with Crippen molar-refractivity contribution in [2.45, 2.75) is 71.1 Å². The first-order valence-electron chi connectivity index (χ1n) is 12.0. The lowest BCUT2D eigenvalue weighted by Crippen LogP contribution is -2.66. The maximum absolute atomic E-state index is 13.3. The summed E-state index contributed by atoms with van der Waals surface area (Å²) in [6.07, 6.45) is -0.220. The Labute approximate surface area is 211 Å². The summed E-state index contributed by atoms with van der Waals surface area (Å²) < 4.78 is 39.7. The molecule has 1 saturated heterocycles. The van der Waals surface area contributed by atoms with Gasteiger partial charge in [-0.25, -0.2) is 10.0 Å². The van der Waals surface area contributed by atoms with Gasteiger partial charge in [0.2, 0.25) is 0 Å². The number of nitrogens with zero attached hydrogens (tertiary/aromatic N) is 5. The molecule has 2 heterocycles. The van der Waals surface area contributed by atoms with Crippen LogP contribution >= 0.6 is 11.3 Å². The number of aromatic nitrogens is 1. The SMILES string of the molecule is CN(C1CCC(C)(C)CC1)N1CCN(c2nc(=O)c3cc(C(F)(F)F)cc([N+](=O)[O-])c3s2)CC1(C)C. The first-order valence-corrected chi connectivity index (χ1v) is 12.9. The number of alkyl halides is 3. The number of non-ortho nitro benzene ring substituents is 1. The molecular formula is C24H32F3N5O3S. The molecule has 1 aliphatic heterocycles. The Balaban J connectivity index is 1.62. The molecule has 0 atom stereocenters. The number of benzene rings is 1. The van der Waals surface area contributed by atoms with E-state index in [0.29, 0.717) is 43.2 Å². The Morgan fingerprint density at radius 3 is 2.36 bits per heavy atom. The number of piperazine rings is 1. The van der Waals surface area contributed by atoms with Crippen molar-refractivity contribution in [2.24, 2.45) is 5.41 Å². The molecule has 198 valence electrons. The van der Waals surface area contributed by atoms with Gasteiger partial charge in [0.15, 0.2) is 5.13 Å². The summed E-state index contributed by atoms with van der Waals surface area (Å²) in [5.74, 6) is 0. The predicted octanol–water partition coefficient (Wildman–Crippen LogP) is 5.30. The van der Waals surface area contributed by atoms with Gasteiger partial charge in [0.05, 0.1) is 15.9 Å². The minimum atomic E-state index is -4.81. The number of nitro benzene ring substituents is 1. The van der Waals surface area contributed by atoms with Crippen LogP contribution in [0.3, 0.4) is 0 Å². The molecule has 2 aliphatic rings. The highest BCUT2D eigenvalue weighted by Gasteiger charge is 2.41. The van der Waals surface area contributed by atoms with Crippen molar-refractivity contribution in [1.82, 2.24) is 15.0 Å². The van der Waals surface area contributed by atoms with Crippen molar-refractivity contribution < 1.29 is 18.1 Å². The molecule has 2 fully saturated rings. The molecule has 0 bridgehead atoms. The van der Waals surface area contributed by atoms with Crippen molar-refractivity contribution in [1.29, 1.82) is 0 Å². The van der Waals surface area contributed by atoms with E-state index in [1.54, 1.807) is 0 Å². The van der Waals surface area contributed by atoms with E-state index in [-0.39, 0.29) is 20.8 Å². The fourth-order valence-electron chi connectivity index (χ4n) is 5.42. The average Bonchev–Trinajstić information content (AvgIpc) is 2.76. The molecule has 4 rings (SSSR count). The Morgan fingerprint density at radius 2 is 1.81 bits per heavy atom. The predicted molar refractivity (Wildman–Crippen MR) is 134 cm³/mol. The zero-order valence-corrected chi connectivity index (χ0v) is 22.0. The lowest BCUT2D eigenvalue weighted by Gasteiger charge is -2.53. The quantitative estimate of drug-likeness (QED) is 0.394. The highest BCUT2D eigenvalue weighted by molar-refractivity contribution is 7.22. The van der Waals surface area contributed by atoms with E-state index in [9.17, 15) is 28.1 Å². The summed E-state index contributed by atoms with van der Waals surface area (Å²) in [7, 11) is 2.12. The third-order valence-electron chi connectivity index (χ3n) is 7.56. The first kappa shape index (κ1) is 26.7. The number of hydrazine groups is 1. The highest BCUT2D eigenvalue weighted by Crippen LogP contribution is 2.40. The maximum Gasteiger partial charge on any atom is 0.416 e. The number of nitro groups is 1. The third kappa shape index (κ3) is 5.21. The van der Waals surface area contributed by atoms with Gasteiger partial charge in [0.1, 0.15) is 4.70 Å². The van der Waals surface area contributed by atoms with Crippen LogP contribution in [0, 0.1) is 15.5 Å². The standard InChI is InChI=1S/C24H32F3N5O3S/c1-22(2)8-6-16(7-9-22)29(5)31-11-10-30(14-23(31,3)4)21-28-20(33)17-12-15(24(25,26)27)13-18(32(34)35)19(17)36-21/h12-13,16H,6-11,14H2,1-5H3. The van der Waals surface area contributed by atoms with Crippen LogP contribution in [-0.2, 0) is 6.18 Å². The van der Waals surface area contributed by atoms with Crippen molar-refractivity contribution in [3.63, 3.8) is 0 Å². The van der Waals surface area contributed by atoms with Crippen molar-refractivity contribution >= 4 is 32.2 Å². The minimum absolute atomic E-state index is 0.0924. The lowest BCUT2D eigenvalue weighted by atomic mass is 9.75. The molecule has 0 N–H and O–H groups in total. The van der Waals surface area contributed by atoms with Crippen LogP contribution < -0.4 is 10.5 Å². The number of hydrogen-bond acceptors (Lipinski definition) is 8. The van der Waals surface area contributed by atoms with Gasteiger partial charge < -0.3 is 4.90 Å². The Bertz CT molecular complexity index is 1220. The summed E-state index contributed by atoms with van der Waals surface area (Å²) in [5.41, 5.74) is -2.81. The third-order valence-corrected chi connectivity index (χ3v) is 8.73. The zero-order valence-electron chi connectivity index (χ0n) is 21.2. The molecule has 8 nitrogen and oxygen atoms in total. The van der Waals surface area contributed by atoms with Gasteiger partial charge in [-0.15, -0.1) is 0 Å². The van der Waals surface area contributed by atoms with Crippen LogP contribution in [0.4, 0.5) is 24.0 Å². The molecule has 0 spiro atoms. The van der Waals surface area contributed by atoms with Gasteiger partial charge in [0, 0.05) is 44.3 Å². The monoisotopic (exact) mass is 527 g/mol. The normalized spacial score (nSPS) is 21.3. The fraction of sp³-hybridized carbons (Fsp3) is 0.667. The first-order chi connectivity index (χ1) is 16.6. The molecule has 1 saturated carbocycles. The van der Waals surface area contributed by atoms with Crippen LogP contribution in [0.1, 0.15) is 58.9 Å². The van der Waals surface area contributed by atoms with Crippen LogP contribution in [-0.4, -0.2) is 58.2 Å². The van der Waals surface area contributed by atoms with Gasteiger partial charge in [-0.3, -0.25) is 14.9 Å². The summed E-state index contributed by atoms with van der Waals surface area (Å²) in [6.45, 7) is 10.5. The second kappa shape index (κ2) is 9.21. The second-order valence-electron chi connectivity index (χ2n) is 11.3. The number of hydrogen-bond donors (Lipinski definition) is 0. The van der Waals surface area contributed by atoms with Crippen molar-refractivity contribution in [2.75, 3.05) is 31.6 Å². The zero-order chi connectivity index (χ0) is 26.6. The Kier molecular flexibility index (Phi) is 6.85. The van der Waals surface area contributed by atoms with E-state index in [1.807, 2.05) is 4.90 Å². The lowest BCUT2D eigenvalue weighted by molar-refractivity contribution is -0.383. The van der Waals surface area contributed by atoms with Gasteiger partial charge in [0.25, 0.3) is 11.2 Å². The molecule has 2 aromatic rings. The Morgan fingerprint density at radius 1 is 1.17 bits per heavy atom. The smallest absolute Gasteiger partial charge is 0.345 e. The highest BCUT2D eigenvalue weighted by atomic mass is 32.1. The van der Waals surface area contributed by atoms with Crippen LogP contribution in [0.15, 0.2) is 16.9 Å². The minimum Gasteiger partial charge on any atom is -0.345 e. The molecule has 1 aromatic heterocycles. The molecule has 36 heavy (non-hydrogen) atoms. The number of fused-ring (bicyclic) bond motifs is 1. The molecule has 0 unspecified atom stereocenters. The van der Waals surface area contributed by atoms with E-state index in [1.165, 1.54) is 12.8 Å². The molecular weight excluding hydrogens is 495 g/mol. The summed E-state index contributed by atoms with van der Waals surface area (Å²) in [6, 6.07) is 1.59. The van der Waals surface area contributed by atoms with Crippen LogP contribution in [0.25, 0.3) is 10.1 Å². The number of halogens is 3. The molecule has 1 aromatic carbocycles. The average molecular weight is 528 g/mol. The summed E-state index contributed by atoms with van der Waals surface area (Å²) in [5, 5.41) is 16.2.